The first-order valence-corrected chi connectivity index (χ1v) is 43.6. The first kappa shape index (κ1) is 140. The smallest absolute Gasteiger partial charge is 0.320 e. The SMILES string of the molecule is CC(C)C[C@H](N)C(=O)O.CC(C)C[C@H](N)C(=O)O.CC(C)C[C@H](N)C(=O)O.CC(C)C[C@H](N)C(=O)O.NCCCC[C@H](N)C(=O)O.NCCCC[C@H](N)C(=O)O.NCCCC[C@H](N)C(=O)O.NCCCC[C@H](N)C(=O)O.NCCCC[C@H](N)C(=O)O.NCCCC[C@H](N)C(=O)O.N[C@@H](Cc1c[nH]c2ccccc12)C(=O)O.N[C@@H](Cc1ccc(O)cc1)C(=O)O.O=C(O)[C@@H]1CCCN1. The van der Waals surface area contributed by atoms with E-state index in [2.05, 4.69) is 10.3 Å². The van der Waals surface area contributed by atoms with Crippen molar-refractivity contribution >= 4 is 88.5 Å². The zero-order valence-electron chi connectivity index (χ0n) is 78.3. The molecule has 1 saturated heterocycles. The summed E-state index contributed by atoms with van der Waals surface area (Å²) in [5.74, 6) is -10.4. The molecule has 2 heterocycles. The number of phenols is 1. The minimum absolute atomic E-state index is 0.160. The minimum Gasteiger partial charge on any atom is -0.508 e. The van der Waals surface area contributed by atoms with Crippen molar-refractivity contribution in [2.24, 2.45) is 127 Å². The molecule has 770 valence electrons. The highest BCUT2D eigenvalue weighted by Gasteiger charge is 2.22. The summed E-state index contributed by atoms with van der Waals surface area (Å²) in [7, 11) is 0. The average molecular weight is 1900 g/mol. The van der Waals surface area contributed by atoms with Gasteiger partial charge < -0.3 is 185 Å². The van der Waals surface area contributed by atoms with E-state index in [1.807, 2.05) is 85.9 Å². The minimum atomic E-state index is -1.02. The summed E-state index contributed by atoms with van der Waals surface area (Å²) in [6.07, 6.45) is 19.4. The molecule has 1 aromatic heterocycles. The van der Waals surface area contributed by atoms with Gasteiger partial charge in [0.25, 0.3) is 0 Å². The number of carbonyl (C=O) groups is 13. The zero-order valence-corrected chi connectivity index (χ0v) is 78.3. The highest BCUT2D eigenvalue weighted by atomic mass is 16.4. The summed E-state index contributed by atoms with van der Waals surface area (Å²) in [6, 6.07) is 5.01. The van der Waals surface area contributed by atoms with Gasteiger partial charge in [-0.05, 0) is 221 Å². The Morgan fingerprint density at radius 1 is 0.311 bits per heavy atom. The fraction of sp³-hybridized carbons (Fsp3) is 0.682. The van der Waals surface area contributed by atoms with Gasteiger partial charge in [0.1, 0.15) is 84.3 Å². The summed E-state index contributed by atoms with van der Waals surface area (Å²) in [4.78, 5) is 136. The topological polar surface area (TPSA) is 1000 Å². The van der Waals surface area contributed by atoms with Crippen molar-refractivity contribution in [3.05, 3.63) is 65.9 Å². The van der Waals surface area contributed by atoms with Crippen LogP contribution in [0.25, 0.3) is 10.9 Å². The van der Waals surface area contributed by atoms with Crippen LogP contribution in [-0.4, -0.2) is 278 Å². The van der Waals surface area contributed by atoms with E-state index >= 15 is 0 Å². The first-order chi connectivity index (χ1) is 61.3. The lowest BCUT2D eigenvalue weighted by Crippen LogP contribution is -2.32. The third-order valence-corrected chi connectivity index (χ3v) is 17.4. The van der Waals surface area contributed by atoms with Crippen LogP contribution in [0.2, 0.25) is 0 Å². The van der Waals surface area contributed by atoms with E-state index in [4.69, 9.17) is 175 Å². The second-order valence-electron chi connectivity index (χ2n) is 32.0. The number of hydrogen-bond donors (Lipinski definition) is 34. The Bertz CT molecular complexity index is 3170. The number of aromatic nitrogens is 1. The van der Waals surface area contributed by atoms with Crippen molar-refractivity contribution in [1.29, 1.82) is 0 Å². The lowest BCUT2D eigenvalue weighted by atomic mass is 10.1. The Morgan fingerprint density at radius 3 is 0.720 bits per heavy atom. The van der Waals surface area contributed by atoms with E-state index in [1.54, 1.807) is 12.1 Å². The van der Waals surface area contributed by atoms with Crippen LogP contribution in [0.3, 0.4) is 0 Å². The molecule has 1 fully saturated rings. The number of fused-ring (bicyclic) bond motifs is 1. The molecule has 0 unspecified atom stereocenters. The molecule has 0 amide bonds. The summed E-state index contributed by atoms with van der Waals surface area (Å²) in [5.41, 5.74) is 96.9. The predicted molar refractivity (Wildman–Crippen MR) is 505 cm³/mol. The summed E-state index contributed by atoms with van der Waals surface area (Å²) in [5, 5.41) is 122. The molecular weight excluding hydrogens is 1730 g/mol. The van der Waals surface area contributed by atoms with E-state index < -0.39 is 150 Å². The Balaban J connectivity index is -0.000000178. The third-order valence-electron chi connectivity index (χ3n) is 17.4. The molecular formula is C85H168N20O27. The molecule has 0 radical (unpaired) electrons. The van der Waals surface area contributed by atoms with Gasteiger partial charge in [-0.15, -0.1) is 0 Å². The van der Waals surface area contributed by atoms with Crippen molar-refractivity contribution in [3.8, 4) is 5.75 Å². The highest BCUT2D eigenvalue weighted by molar-refractivity contribution is 5.84. The third kappa shape index (κ3) is 96.2. The van der Waals surface area contributed by atoms with Crippen LogP contribution in [0.4, 0.5) is 0 Å². The number of aromatic hydroxyl groups is 1. The van der Waals surface area contributed by atoms with Crippen LogP contribution < -0.4 is 109 Å². The molecule has 3 aromatic rings. The van der Waals surface area contributed by atoms with Gasteiger partial charge >= 0.3 is 77.6 Å². The van der Waals surface area contributed by atoms with Crippen LogP contribution in [0.15, 0.2) is 54.7 Å². The van der Waals surface area contributed by atoms with Gasteiger partial charge in [0.15, 0.2) is 0 Å². The molecule has 0 bridgehead atoms. The van der Waals surface area contributed by atoms with E-state index in [-0.39, 0.29) is 18.2 Å². The van der Waals surface area contributed by atoms with E-state index in [0.717, 1.165) is 118 Å². The Morgan fingerprint density at radius 2 is 0.538 bits per heavy atom. The molecule has 4 rings (SSSR count). The van der Waals surface area contributed by atoms with Crippen molar-refractivity contribution in [2.75, 3.05) is 45.8 Å². The number of para-hydroxylation sites is 1. The summed E-state index contributed by atoms with van der Waals surface area (Å²) < 4.78 is 0. The molecule has 52 N–H and O–H groups in total. The van der Waals surface area contributed by atoms with Crippen LogP contribution >= 0.6 is 0 Å². The van der Waals surface area contributed by atoms with E-state index in [9.17, 15) is 62.3 Å². The molecule has 0 spiro atoms. The molecule has 47 heteroatoms. The molecule has 0 saturated carbocycles. The summed E-state index contributed by atoms with van der Waals surface area (Å²) >= 11 is 0. The Labute approximate surface area is 774 Å². The molecule has 13 atom stereocenters. The number of carboxylic acids is 13. The van der Waals surface area contributed by atoms with Crippen molar-refractivity contribution in [2.45, 2.75) is 301 Å². The lowest BCUT2D eigenvalue weighted by Gasteiger charge is -2.07. The Hall–Kier alpha value is -9.87. The Kier molecular flexibility index (Phi) is 95.8. The maximum absolute atomic E-state index is 10.6. The van der Waals surface area contributed by atoms with Gasteiger partial charge in [-0.25, -0.2) is 0 Å². The van der Waals surface area contributed by atoms with Crippen molar-refractivity contribution < 1.29 is 134 Å². The molecule has 132 heavy (non-hydrogen) atoms. The highest BCUT2D eigenvalue weighted by Crippen LogP contribution is 2.19. The molecule has 1 aliphatic rings. The van der Waals surface area contributed by atoms with Crippen molar-refractivity contribution in [3.63, 3.8) is 0 Å². The normalized spacial score (nSPS) is 14.1. The standard InChI is InChI=1S/C11H12N2O2.C9H11NO3.6C6H14N2O2.4C6H13NO2.C5H9NO2/c12-9(11(14)15)5-7-6-13-10-4-2-1-3-8(7)10;10-8(9(12)13)5-6-1-3-7(11)4-2-6;6*7-4-2-1-3-5(8)6(9)10;4*1-4(2)3-5(7)6(8)9;7-5(8)4-2-1-3-6-4/h1-4,6,9,13H,5,12H2,(H,14,15);1-4,8,11H,5,10H2,(H,12,13);6*5H,1-4,7-8H2,(H,9,10);4*4-5H,3,7H2,1-2H3,(H,8,9);4,6H,1-3H2,(H,7,8)/t9-;8-;10*5-;4-/m0000000000000/s1. The zero-order chi connectivity index (χ0) is 104. The van der Waals surface area contributed by atoms with Gasteiger partial charge in [-0.3, -0.25) is 62.3 Å². The average Bonchev–Trinajstić information content (AvgIpc) is 1.69. The van der Waals surface area contributed by atoms with E-state index in [1.165, 1.54) is 12.1 Å². The van der Waals surface area contributed by atoms with Crippen LogP contribution in [0, 0.1) is 23.7 Å². The van der Waals surface area contributed by atoms with E-state index in [0.29, 0.717) is 134 Å². The van der Waals surface area contributed by atoms with Crippen LogP contribution in [-0.2, 0) is 75.2 Å². The number of phenolic OH excluding ortho intramolecular Hbond substituents is 1. The number of unbranched alkanes of at least 4 members (excludes halogenated alkanes) is 6. The number of H-pyrrole nitrogens is 1. The van der Waals surface area contributed by atoms with Gasteiger partial charge in [0.2, 0.25) is 0 Å². The summed E-state index contributed by atoms with van der Waals surface area (Å²) in [6.45, 7) is 20.1. The quantitative estimate of drug-likeness (QED) is 0.0337. The number of rotatable bonds is 49. The predicted octanol–water partition coefficient (Wildman–Crippen LogP) is 0.233. The van der Waals surface area contributed by atoms with Gasteiger partial charge in [-0.1, -0.05) is 124 Å². The molecule has 47 nitrogen and oxygen atoms in total. The van der Waals surface area contributed by atoms with Gasteiger partial charge in [0, 0.05) is 23.5 Å². The number of carboxylic acid groups (broad SMARTS) is 13. The van der Waals surface area contributed by atoms with Gasteiger partial charge in [-0.2, -0.15) is 0 Å². The number of aliphatic carboxylic acids is 13. The van der Waals surface area contributed by atoms with Crippen molar-refractivity contribution in [1.82, 2.24) is 10.3 Å². The first-order valence-electron chi connectivity index (χ1n) is 43.6. The van der Waals surface area contributed by atoms with Gasteiger partial charge in [0.05, 0.1) is 0 Å². The largest absolute Gasteiger partial charge is 0.508 e. The maximum atomic E-state index is 10.6. The fourth-order valence-electron chi connectivity index (χ4n) is 9.72. The maximum Gasteiger partial charge on any atom is 0.320 e. The number of nitrogens with one attached hydrogen (secondary N) is 2. The molecule has 1 aliphatic heterocycles. The number of hydrogen-bond acceptors (Lipinski definition) is 33. The number of aromatic amines is 1. The monoisotopic (exact) mass is 1900 g/mol. The second-order valence-corrected chi connectivity index (χ2v) is 32.0. The van der Waals surface area contributed by atoms with Crippen LogP contribution in [0.1, 0.15) is 221 Å². The molecule has 2 aromatic carbocycles. The van der Waals surface area contributed by atoms with Crippen LogP contribution in [0.5, 0.6) is 5.75 Å². The second kappa shape index (κ2) is 90.3. The fourth-order valence-corrected chi connectivity index (χ4v) is 9.72. The lowest BCUT2D eigenvalue weighted by molar-refractivity contribution is -0.139. The number of benzene rings is 2. The number of nitrogens with two attached hydrogens (primary N) is 18. The molecule has 0 aliphatic carbocycles.